The molecule has 0 spiro atoms. The Balaban J connectivity index is 1.89. The summed E-state index contributed by atoms with van der Waals surface area (Å²) < 4.78 is 0. The molecule has 5 nitrogen and oxygen atoms in total. The van der Waals surface area contributed by atoms with Gasteiger partial charge in [0.15, 0.2) is 0 Å². The maximum atomic E-state index is 4.87. The molecule has 0 radical (unpaired) electrons. The van der Waals surface area contributed by atoms with E-state index in [4.69, 9.17) is 4.98 Å². The maximum absolute atomic E-state index is 4.87. The van der Waals surface area contributed by atoms with E-state index in [2.05, 4.69) is 66.3 Å². The Morgan fingerprint density at radius 2 is 1.56 bits per heavy atom. The summed E-state index contributed by atoms with van der Waals surface area (Å²) in [6, 6.07) is 7.02. The standard InChI is InChI=1S/C22H41N5/c1-5-26(6-2)17-10-18-27-15-8-13-23-19(3)21-11-7-12-22(25-21)20(4)24-14-9-16-27/h7,11-12,19-20,23-24H,5-6,8-10,13-18H2,1-4H3/t19-,20+. The van der Waals surface area contributed by atoms with Crippen molar-refractivity contribution in [2.45, 2.75) is 59.0 Å². The average molecular weight is 376 g/mol. The molecule has 1 aromatic rings. The lowest BCUT2D eigenvalue weighted by molar-refractivity contribution is 0.230. The highest BCUT2D eigenvalue weighted by molar-refractivity contribution is 5.16. The molecule has 2 bridgehead atoms. The Kier molecular flexibility index (Phi) is 10.3. The first-order chi connectivity index (χ1) is 13.1. The van der Waals surface area contributed by atoms with Gasteiger partial charge in [-0.05, 0) is 97.6 Å². The Hall–Kier alpha value is -1.01. The summed E-state index contributed by atoms with van der Waals surface area (Å²) in [6.07, 6.45) is 3.65. The number of rotatable bonds is 6. The molecule has 0 amide bonds. The molecule has 27 heavy (non-hydrogen) atoms. The SMILES string of the molecule is CCN(CC)CCCN1CCCN[C@@H](C)c2cccc(n2)[C@@H](C)NCCC1. The summed E-state index contributed by atoms with van der Waals surface area (Å²) in [6.45, 7) is 18.2. The smallest absolute Gasteiger partial charge is 0.0574 e. The number of aromatic nitrogens is 1. The molecule has 0 unspecified atom stereocenters. The molecule has 5 heteroatoms. The highest BCUT2D eigenvalue weighted by Gasteiger charge is 2.13. The second kappa shape index (κ2) is 12.4. The van der Waals surface area contributed by atoms with Crippen LogP contribution in [0.15, 0.2) is 18.2 Å². The van der Waals surface area contributed by atoms with Gasteiger partial charge in [0.05, 0.1) is 11.4 Å². The molecule has 1 aliphatic heterocycles. The van der Waals surface area contributed by atoms with Gasteiger partial charge in [-0.3, -0.25) is 4.98 Å². The minimum absolute atomic E-state index is 0.302. The summed E-state index contributed by atoms with van der Waals surface area (Å²) in [4.78, 5) is 10.1. The summed E-state index contributed by atoms with van der Waals surface area (Å²) in [5.74, 6) is 0. The van der Waals surface area contributed by atoms with Crippen LogP contribution < -0.4 is 10.6 Å². The van der Waals surface area contributed by atoms with Crippen LogP contribution in [0.25, 0.3) is 0 Å². The van der Waals surface area contributed by atoms with E-state index in [9.17, 15) is 0 Å². The first kappa shape index (κ1) is 22.3. The normalized spacial score (nSPS) is 23.3. The highest BCUT2D eigenvalue weighted by atomic mass is 15.1. The number of nitrogens with zero attached hydrogens (tertiary/aromatic N) is 3. The Morgan fingerprint density at radius 1 is 1.00 bits per heavy atom. The fourth-order valence-corrected chi connectivity index (χ4v) is 3.80. The van der Waals surface area contributed by atoms with Crippen LogP contribution in [0, 0.1) is 0 Å². The van der Waals surface area contributed by atoms with Crippen LogP contribution >= 0.6 is 0 Å². The summed E-state index contributed by atoms with van der Waals surface area (Å²) >= 11 is 0. The topological polar surface area (TPSA) is 43.4 Å². The Bertz CT molecular complexity index is 484. The molecule has 0 saturated carbocycles. The molecule has 2 atom stereocenters. The first-order valence-corrected chi connectivity index (χ1v) is 11.0. The molecule has 1 aliphatic rings. The van der Waals surface area contributed by atoms with Crippen molar-refractivity contribution >= 4 is 0 Å². The lowest BCUT2D eigenvalue weighted by Gasteiger charge is -2.26. The van der Waals surface area contributed by atoms with Crippen molar-refractivity contribution in [2.75, 3.05) is 52.4 Å². The zero-order chi connectivity index (χ0) is 19.5. The van der Waals surface area contributed by atoms with E-state index in [1.807, 2.05) is 0 Å². The quantitative estimate of drug-likeness (QED) is 0.799. The first-order valence-electron chi connectivity index (χ1n) is 11.0. The zero-order valence-corrected chi connectivity index (χ0v) is 18.0. The van der Waals surface area contributed by atoms with Gasteiger partial charge in [-0.15, -0.1) is 0 Å². The maximum Gasteiger partial charge on any atom is 0.0574 e. The van der Waals surface area contributed by atoms with E-state index in [0.717, 1.165) is 37.6 Å². The van der Waals surface area contributed by atoms with E-state index in [-0.39, 0.29) is 0 Å². The van der Waals surface area contributed by atoms with Gasteiger partial charge in [0.25, 0.3) is 0 Å². The van der Waals surface area contributed by atoms with Crippen molar-refractivity contribution < 1.29 is 0 Å². The molecular formula is C22H41N5. The molecule has 1 aromatic heterocycles. The number of nitrogens with one attached hydrogen (secondary N) is 2. The van der Waals surface area contributed by atoms with E-state index in [0.29, 0.717) is 12.1 Å². The molecule has 0 aliphatic carbocycles. The average Bonchev–Trinajstić information content (AvgIpc) is 2.70. The van der Waals surface area contributed by atoms with Crippen LogP contribution in [0.4, 0.5) is 0 Å². The van der Waals surface area contributed by atoms with Crippen LogP contribution in [-0.4, -0.2) is 67.1 Å². The van der Waals surface area contributed by atoms with Gasteiger partial charge < -0.3 is 20.4 Å². The molecule has 0 aromatic carbocycles. The summed E-state index contributed by atoms with van der Waals surface area (Å²) in [5, 5.41) is 7.31. The lowest BCUT2D eigenvalue weighted by Crippen LogP contribution is -2.34. The van der Waals surface area contributed by atoms with Gasteiger partial charge in [0.2, 0.25) is 0 Å². The van der Waals surface area contributed by atoms with Gasteiger partial charge in [0, 0.05) is 12.1 Å². The summed E-state index contributed by atoms with van der Waals surface area (Å²) in [7, 11) is 0. The largest absolute Gasteiger partial charge is 0.309 e. The van der Waals surface area contributed by atoms with E-state index >= 15 is 0 Å². The number of hydrogen-bond donors (Lipinski definition) is 2. The molecule has 2 heterocycles. The third-order valence-electron chi connectivity index (χ3n) is 5.73. The van der Waals surface area contributed by atoms with Crippen LogP contribution in [0.3, 0.4) is 0 Å². The van der Waals surface area contributed by atoms with Crippen molar-refractivity contribution in [3.05, 3.63) is 29.6 Å². The Morgan fingerprint density at radius 3 is 2.07 bits per heavy atom. The van der Waals surface area contributed by atoms with Crippen LogP contribution in [-0.2, 0) is 0 Å². The van der Waals surface area contributed by atoms with Crippen LogP contribution in [0.1, 0.15) is 70.4 Å². The lowest BCUT2D eigenvalue weighted by atomic mass is 10.1. The number of hydrogen-bond acceptors (Lipinski definition) is 5. The van der Waals surface area contributed by atoms with Crippen molar-refractivity contribution in [2.24, 2.45) is 0 Å². The predicted octanol–water partition coefficient (Wildman–Crippen LogP) is 3.21. The monoisotopic (exact) mass is 375 g/mol. The third-order valence-corrected chi connectivity index (χ3v) is 5.73. The minimum Gasteiger partial charge on any atom is -0.309 e. The molecular weight excluding hydrogens is 334 g/mol. The van der Waals surface area contributed by atoms with E-state index in [1.165, 1.54) is 45.4 Å². The second-order valence-electron chi connectivity index (χ2n) is 7.77. The van der Waals surface area contributed by atoms with E-state index in [1.54, 1.807) is 0 Å². The fourth-order valence-electron chi connectivity index (χ4n) is 3.80. The fraction of sp³-hybridized carbons (Fsp3) is 0.773. The van der Waals surface area contributed by atoms with Crippen molar-refractivity contribution in [1.29, 1.82) is 0 Å². The summed E-state index contributed by atoms with van der Waals surface area (Å²) in [5.41, 5.74) is 2.29. The van der Waals surface area contributed by atoms with Crippen LogP contribution in [0.5, 0.6) is 0 Å². The van der Waals surface area contributed by atoms with Gasteiger partial charge in [0.1, 0.15) is 0 Å². The minimum atomic E-state index is 0.302. The van der Waals surface area contributed by atoms with Gasteiger partial charge >= 0.3 is 0 Å². The predicted molar refractivity (Wildman–Crippen MR) is 115 cm³/mol. The van der Waals surface area contributed by atoms with Gasteiger partial charge in [-0.1, -0.05) is 19.9 Å². The second-order valence-corrected chi connectivity index (χ2v) is 7.77. The number of pyridine rings is 1. The molecule has 154 valence electrons. The molecule has 2 N–H and O–H groups in total. The van der Waals surface area contributed by atoms with Gasteiger partial charge in [-0.25, -0.2) is 0 Å². The van der Waals surface area contributed by atoms with Gasteiger partial charge in [-0.2, -0.15) is 0 Å². The van der Waals surface area contributed by atoms with Crippen molar-refractivity contribution in [3.8, 4) is 0 Å². The molecule has 2 rings (SSSR count). The zero-order valence-electron chi connectivity index (χ0n) is 18.0. The molecule has 0 saturated heterocycles. The van der Waals surface area contributed by atoms with Crippen LogP contribution in [0.2, 0.25) is 0 Å². The number of fused-ring (bicyclic) bond motifs is 2. The third kappa shape index (κ3) is 7.86. The highest BCUT2D eigenvalue weighted by Crippen LogP contribution is 2.15. The van der Waals surface area contributed by atoms with Crippen molar-refractivity contribution in [1.82, 2.24) is 25.4 Å². The molecule has 0 fully saturated rings. The van der Waals surface area contributed by atoms with Crippen molar-refractivity contribution in [3.63, 3.8) is 0 Å². The van der Waals surface area contributed by atoms with E-state index < -0.39 is 0 Å². The Labute approximate surface area is 166 Å².